The standard InChI is InChI=1S/C29H29ClN2O3/c1-18-13-15-32(16-14-18)28(33)19(2)35-29(34)26-23-5-3-4-6-25(23)31-27-21(9-12-24(26)27)17-20-7-10-22(30)11-8-20/h3-8,10-11,17-19H,9,12-16H2,1-2H3/b21-17-/t19-/m1/s1. The Balaban J connectivity index is 1.46. The number of halogens is 1. The molecule has 1 amide bonds. The number of amides is 1. The van der Waals surface area contributed by atoms with Crippen molar-refractivity contribution in [1.29, 1.82) is 0 Å². The Morgan fingerprint density at radius 1 is 1.09 bits per heavy atom. The molecule has 1 aliphatic carbocycles. The minimum absolute atomic E-state index is 0.122. The number of hydrogen-bond acceptors (Lipinski definition) is 4. The molecule has 5 rings (SSSR count). The average Bonchev–Trinajstić information content (AvgIpc) is 3.25. The summed E-state index contributed by atoms with van der Waals surface area (Å²) in [4.78, 5) is 33.2. The summed E-state index contributed by atoms with van der Waals surface area (Å²) in [5.41, 5.74) is 5.10. The van der Waals surface area contributed by atoms with Crippen molar-refractivity contribution in [3.8, 4) is 0 Å². The number of fused-ring (bicyclic) bond motifs is 2. The Labute approximate surface area is 210 Å². The molecule has 0 spiro atoms. The van der Waals surface area contributed by atoms with Crippen LogP contribution in [0.5, 0.6) is 0 Å². The predicted octanol–water partition coefficient (Wildman–Crippen LogP) is 6.18. The van der Waals surface area contributed by atoms with E-state index in [1.54, 1.807) is 6.92 Å². The third-order valence-corrected chi connectivity index (χ3v) is 7.34. The average molecular weight is 489 g/mol. The van der Waals surface area contributed by atoms with E-state index in [2.05, 4.69) is 13.0 Å². The van der Waals surface area contributed by atoms with Crippen LogP contribution in [0.25, 0.3) is 22.6 Å². The highest BCUT2D eigenvalue weighted by atomic mass is 35.5. The van der Waals surface area contributed by atoms with Crippen molar-refractivity contribution in [3.63, 3.8) is 0 Å². The van der Waals surface area contributed by atoms with Gasteiger partial charge in [-0.1, -0.05) is 48.9 Å². The van der Waals surface area contributed by atoms with Crippen molar-refractivity contribution < 1.29 is 14.3 Å². The fraction of sp³-hybridized carbons (Fsp3) is 0.345. The number of nitrogens with zero attached hydrogens (tertiary/aromatic N) is 2. The zero-order chi connectivity index (χ0) is 24.5. The lowest BCUT2D eigenvalue weighted by atomic mass is 9.99. The summed E-state index contributed by atoms with van der Waals surface area (Å²) >= 11 is 6.04. The van der Waals surface area contributed by atoms with Gasteiger partial charge >= 0.3 is 5.97 Å². The highest BCUT2D eigenvalue weighted by Gasteiger charge is 2.31. The smallest absolute Gasteiger partial charge is 0.339 e. The van der Waals surface area contributed by atoms with Crippen molar-refractivity contribution in [2.45, 2.75) is 45.6 Å². The van der Waals surface area contributed by atoms with Crippen molar-refractivity contribution in [2.75, 3.05) is 13.1 Å². The molecule has 180 valence electrons. The fourth-order valence-electron chi connectivity index (χ4n) is 5.03. The molecule has 0 bridgehead atoms. The number of allylic oxidation sites excluding steroid dienone is 1. The number of ether oxygens (including phenoxy) is 1. The van der Waals surface area contributed by atoms with Gasteiger partial charge in [0.25, 0.3) is 5.91 Å². The number of rotatable bonds is 4. The van der Waals surface area contributed by atoms with Crippen LogP contribution in [0.3, 0.4) is 0 Å². The number of benzene rings is 2. The minimum Gasteiger partial charge on any atom is -0.449 e. The van der Waals surface area contributed by atoms with Crippen LogP contribution in [0.4, 0.5) is 0 Å². The molecule has 0 radical (unpaired) electrons. The van der Waals surface area contributed by atoms with Gasteiger partial charge in [-0.15, -0.1) is 0 Å². The maximum absolute atomic E-state index is 13.5. The van der Waals surface area contributed by atoms with Crippen LogP contribution in [0, 0.1) is 5.92 Å². The number of piperidine rings is 1. The number of esters is 1. The molecule has 35 heavy (non-hydrogen) atoms. The normalized spacial score (nSPS) is 18.0. The van der Waals surface area contributed by atoms with Gasteiger partial charge in [-0.25, -0.2) is 9.78 Å². The molecule has 2 heterocycles. The zero-order valence-electron chi connectivity index (χ0n) is 20.1. The van der Waals surface area contributed by atoms with E-state index < -0.39 is 12.1 Å². The number of aromatic nitrogens is 1. The quantitative estimate of drug-likeness (QED) is 0.411. The van der Waals surface area contributed by atoms with Gasteiger partial charge < -0.3 is 9.64 Å². The molecule has 1 aromatic heterocycles. The van der Waals surface area contributed by atoms with Crippen molar-refractivity contribution >= 4 is 46.0 Å². The largest absolute Gasteiger partial charge is 0.449 e. The van der Waals surface area contributed by atoms with Crippen molar-refractivity contribution in [1.82, 2.24) is 9.88 Å². The Bertz CT molecular complexity index is 1310. The summed E-state index contributed by atoms with van der Waals surface area (Å²) in [7, 11) is 0. The molecule has 1 saturated heterocycles. The summed E-state index contributed by atoms with van der Waals surface area (Å²) in [6.07, 6.45) is 4.72. The molecule has 0 unspecified atom stereocenters. The van der Waals surface area contributed by atoms with Gasteiger partial charge in [-0.2, -0.15) is 0 Å². The second-order valence-electron chi connectivity index (χ2n) is 9.61. The summed E-state index contributed by atoms with van der Waals surface area (Å²) in [5.74, 6) is 0.0419. The summed E-state index contributed by atoms with van der Waals surface area (Å²) < 4.78 is 5.79. The Morgan fingerprint density at radius 2 is 1.80 bits per heavy atom. The number of likely N-dealkylation sites (tertiary alicyclic amines) is 1. The molecule has 0 N–H and O–H groups in total. The van der Waals surface area contributed by atoms with Gasteiger partial charge in [0.2, 0.25) is 0 Å². The minimum atomic E-state index is -0.830. The lowest BCUT2D eigenvalue weighted by molar-refractivity contribution is -0.141. The number of carbonyl (C=O) groups excluding carboxylic acids is 2. The third kappa shape index (κ3) is 4.83. The van der Waals surface area contributed by atoms with E-state index in [0.717, 1.165) is 52.6 Å². The van der Waals surface area contributed by atoms with Gasteiger partial charge in [0.05, 0.1) is 16.8 Å². The fourth-order valence-corrected chi connectivity index (χ4v) is 5.15. The Kier molecular flexibility index (Phi) is 6.61. The number of hydrogen-bond donors (Lipinski definition) is 0. The third-order valence-electron chi connectivity index (χ3n) is 7.08. The van der Waals surface area contributed by atoms with Crippen LogP contribution >= 0.6 is 11.6 Å². The molecule has 3 aromatic rings. The SMILES string of the molecule is CC1CCN(C(=O)[C@@H](C)OC(=O)c2c3c(nc4ccccc24)/C(=C\c2ccc(Cl)cc2)CC3)CC1. The lowest BCUT2D eigenvalue weighted by Crippen LogP contribution is -2.44. The molecule has 6 heteroatoms. The first-order valence-electron chi connectivity index (χ1n) is 12.3. The first kappa shape index (κ1) is 23.6. The maximum Gasteiger partial charge on any atom is 0.339 e. The van der Waals surface area contributed by atoms with Crippen LogP contribution in [0.1, 0.15) is 60.3 Å². The van der Waals surface area contributed by atoms with Crippen LogP contribution in [0.2, 0.25) is 5.02 Å². The Hall–Kier alpha value is -3.18. The summed E-state index contributed by atoms with van der Waals surface area (Å²) in [6.45, 7) is 5.31. The topological polar surface area (TPSA) is 59.5 Å². The molecule has 0 saturated carbocycles. The highest BCUT2D eigenvalue weighted by Crippen LogP contribution is 2.38. The molecule has 2 aliphatic rings. The molecule has 5 nitrogen and oxygen atoms in total. The zero-order valence-corrected chi connectivity index (χ0v) is 20.8. The van der Waals surface area contributed by atoms with E-state index in [0.29, 0.717) is 36.0 Å². The number of pyridine rings is 1. The first-order chi connectivity index (χ1) is 16.9. The van der Waals surface area contributed by atoms with Gasteiger partial charge in [0.15, 0.2) is 6.10 Å². The summed E-state index contributed by atoms with van der Waals surface area (Å²) in [5, 5.41) is 1.45. The maximum atomic E-state index is 13.5. The van der Waals surface area contributed by atoms with Crippen molar-refractivity contribution in [3.05, 3.63) is 75.9 Å². The van der Waals surface area contributed by atoms with E-state index in [1.807, 2.05) is 53.4 Å². The molecular formula is C29H29ClN2O3. The van der Waals surface area contributed by atoms with Crippen LogP contribution < -0.4 is 0 Å². The van der Waals surface area contributed by atoms with Crippen LogP contribution in [0.15, 0.2) is 48.5 Å². The van der Waals surface area contributed by atoms with E-state index in [4.69, 9.17) is 21.3 Å². The van der Waals surface area contributed by atoms with Crippen molar-refractivity contribution in [2.24, 2.45) is 5.92 Å². The van der Waals surface area contributed by atoms with Gasteiger partial charge in [-0.05, 0) is 79.5 Å². The highest BCUT2D eigenvalue weighted by molar-refractivity contribution is 6.30. The molecular weight excluding hydrogens is 460 g/mol. The molecule has 1 fully saturated rings. The van der Waals surface area contributed by atoms with Crippen LogP contribution in [-0.2, 0) is 16.0 Å². The van der Waals surface area contributed by atoms with E-state index in [-0.39, 0.29) is 5.91 Å². The Morgan fingerprint density at radius 3 is 2.54 bits per heavy atom. The predicted molar refractivity (Wildman–Crippen MR) is 139 cm³/mol. The number of carbonyl (C=O) groups is 2. The van der Waals surface area contributed by atoms with Gasteiger partial charge in [-0.3, -0.25) is 4.79 Å². The van der Waals surface area contributed by atoms with E-state index in [9.17, 15) is 9.59 Å². The second kappa shape index (κ2) is 9.82. The van der Waals surface area contributed by atoms with Crippen LogP contribution in [-0.4, -0.2) is 41.0 Å². The summed E-state index contributed by atoms with van der Waals surface area (Å²) in [6, 6.07) is 15.3. The van der Waals surface area contributed by atoms with E-state index in [1.165, 1.54) is 0 Å². The molecule has 1 aliphatic heterocycles. The monoisotopic (exact) mass is 488 g/mol. The lowest BCUT2D eigenvalue weighted by Gasteiger charge is -2.32. The molecule has 2 aromatic carbocycles. The van der Waals surface area contributed by atoms with E-state index >= 15 is 0 Å². The van der Waals surface area contributed by atoms with Gasteiger partial charge in [0, 0.05) is 23.5 Å². The second-order valence-corrected chi connectivity index (χ2v) is 10.0. The molecule has 1 atom stereocenters. The van der Waals surface area contributed by atoms with Gasteiger partial charge in [0.1, 0.15) is 0 Å². The number of para-hydroxylation sites is 1. The first-order valence-corrected chi connectivity index (χ1v) is 12.7.